The summed E-state index contributed by atoms with van der Waals surface area (Å²) in [7, 11) is 0. The lowest BCUT2D eigenvalue weighted by Gasteiger charge is -2.16. The highest BCUT2D eigenvalue weighted by atomic mass is 32.2. The van der Waals surface area contributed by atoms with E-state index >= 15 is 0 Å². The second-order valence-electron chi connectivity index (χ2n) is 4.30. The van der Waals surface area contributed by atoms with Crippen molar-refractivity contribution in [2.45, 2.75) is 19.3 Å². The molecule has 0 radical (unpaired) electrons. The molecule has 1 saturated heterocycles. The van der Waals surface area contributed by atoms with Gasteiger partial charge in [0.25, 0.3) is 0 Å². The van der Waals surface area contributed by atoms with E-state index in [0.29, 0.717) is 10.9 Å². The SMILES string of the molecule is O=C1CSC(=NN=C2CCCc3ccccc32)N1. The van der Waals surface area contributed by atoms with Crippen LogP contribution in [0.1, 0.15) is 24.0 Å². The topological polar surface area (TPSA) is 53.8 Å². The summed E-state index contributed by atoms with van der Waals surface area (Å²) in [5, 5.41) is 11.7. The Balaban J connectivity index is 1.87. The van der Waals surface area contributed by atoms with Crippen LogP contribution in [0.25, 0.3) is 0 Å². The number of benzene rings is 1. The van der Waals surface area contributed by atoms with Gasteiger partial charge in [0.15, 0.2) is 5.17 Å². The normalized spacial score (nSPS) is 23.2. The largest absolute Gasteiger partial charge is 0.303 e. The van der Waals surface area contributed by atoms with Crippen molar-refractivity contribution in [1.29, 1.82) is 0 Å². The van der Waals surface area contributed by atoms with E-state index in [4.69, 9.17) is 0 Å². The molecule has 2 aliphatic rings. The highest BCUT2D eigenvalue weighted by Gasteiger charge is 2.17. The third-order valence-corrected chi connectivity index (χ3v) is 3.90. The van der Waals surface area contributed by atoms with E-state index in [1.165, 1.54) is 22.9 Å². The highest BCUT2D eigenvalue weighted by molar-refractivity contribution is 8.15. The molecular weight excluding hydrogens is 246 g/mol. The number of amides is 1. The quantitative estimate of drug-likeness (QED) is 0.784. The second kappa shape index (κ2) is 4.94. The van der Waals surface area contributed by atoms with E-state index < -0.39 is 0 Å². The average molecular weight is 259 g/mol. The number of hydrogen-bond acceptors (Lipinski definition) is 4. The van der Waals surface area contributed by atoms with Gasteiger partial charge in [0.1, 0.15) is 0 Å². The zero-order valence-corrected chi connectivity index (χ0v) is 10.7. The fourth-order valence-electron chi connectivity index (χ4n) is 2.19. The van der Waals surface area contributed by atoms with Crippen LogP contribution in [0.15, 0.2) is 34.5 Å². The van der Waals surface area contributed by atoms with E-state index in [1.807, 2.05) is 6.07 Å². The summed E-state index contributed by atoms with van der Waals surface area (Å²) >= 11 is 1.40. The first kappa shape index (κ1) is 11.5. The number of nitrogens with one attached hydrogen (secondary N) is 1. The number of hydrogen-bond donors (Lipinski definition) is 1. The molecule has 1 aliphatic carbocycles. The summed E-state index contributed by atoms with van der Waals surface area (Å²) in [5.74, 6) is 0.447. The molecule has 0 bridgehead atoms. The Kier molecular flexibility index (Phi) is 3.15. The molecule has 0 atom stereocenters. The zero-order chi connectivity index (χ0) is 12.4. The number of nitrogens with zero attached hydrogens (tertiary/aromatic N) is 2. The molecule has 1 aromatic carbocycles. The fourth-order valence-corrected chi connectivity index (χ4v) is 2.81. The first-order chi connectivity index (χ1) is 8.83. The molecule has 0 unspecified atom stereocenters. The van der Waals surface area contributed by atoms with Crippen molar-refractivity contribution in [3.8, 4) is 0 Å². The van der Waals surface area contributed by atoms with Gasteiger partial charge in [0.05, 0.1) is 11.5 Å². The van der Waals surface area contributed by atoms with Crippen molar-refractivity contribution in [3.05, 3.63) is 35.4 Å². The molecular formula is C13H13N3OS. The number of carbonyl (C=O) groups is 1. The number of fused-ring (bicyclic) bond motifs is 1. The Hall–Kier alpha value is -1.62. The van der Waals surface area contributed by atoms with Crippen molar-refractivity contribution in [2.24, 2.45) is 10.2 Å². The van der Waals surface area contributed by atoms with Crippen molar-refractivity contribution in [1.82, 2.24) is 5.32 Å². The van der Waals surface area contributed by atoms with E-state index in [2.05, 4.69) is 33.7 Å². The van der Waals surface area contributed by atoms with Crippen LogP contribution in [-0.4, -0.2) is 22.5 Å². The van der Waals surface area contributed by atoms with Crippen molar-refractivity contribution in [2.75, 3.05) is 5.75 Å². The number of rotatable bonds is 1. The van der Waals surface area contributed by atoms with Gasteiger partial charge in [0, 0.05) is 5.56 Å². The second-order valence-corrected chi connectivity index (χ2v) is 5.26. The van der Waals surface area contributed by atoms with Gasteiger partial charge in [-0.1, -0.05) is 36.0 Å². The fraction of sp³-hybridized carbons (Fsp3) is 0.308. The Morgan fingerprint density at radius 3 is 2.89 bits per heavy atom. The highest BCUT2D eigenvalue weighted by Crippen LogP contribution is 2.21. The van der Waals surface area contributed by atoms with E-state index in [1.54, 1.807) is 0 Å². The smallest absolute Gasteiger partial charge is 0.236 e. The van der Waals surface area contributed by atoms with Crippen LogP contribution in [0.2, 0.25) is 0 Å². The molecule has 3 rings (SSSR count). The molecule has 92 valence electrons. The number of carbonyl (C=O) groups excluding carboxylic acids is 1. The summed E-state index contributed by atoms with van der Waals surface area (Å²) in [4.78, 5) is 11.0. The molecule has 1 aromatic rings. The first-order valence-electron chi connectivity index (χ1n) is 5.98. The minimum atomic E-state index is 0.00277. The van der Waals surface area contributed by atoms with Crippen LogP contribution in [0.4, 0.5) is 0 Å². The van der Waals surface area contributed by atoms with Crippen LogP contribution < -0.4 is 5.32 Å². The zero-order valence-electron chi connectivity index (χ0n) is 9.85. The van der Waals surface area contributed by atoms with E-state index in [0.717, 1.165) is 25.0 Å². The van der Waals surface area contributed by atoms with Gasteiger partial charge < -0.3 is 5.32 Å². The third kappa shape index (κ3) is 2.31. The predicted octanol–water partition coefficient (Wildman–Crippen LogP) is 1.95. The Bertz CT molecular complexity index is 551. The molecule has 1 amide bonds. The van der Waals surface area contributed by atoms with Gasteiger partial charge in [-0.2, -0.15) is 5.10 Å². The van der Waals surface area contributed by atoms with E-state index in [-0.39, 0.29) is 5.91 Å². The average Bonchev–Trinajstić information content (AvgIpc) is 2.82. The van der Waals surface area contributed by atoms with Crippen LogP contribution in [0.5, 0.6) is 0 Å². The number of aryl methyl sites for hydroxylation is 1. The molecule has 1 aliphatic heterocycles. The van der Waals surface area contributed by atoms with Gasteiger partial charge in [-0.25, -0.2) is 0 Å². The van der Waals surface area contributed by atoms with Crippen molar-refractivity contribution < 1.29 is 4.79 Å². The predicted molar refractivity (Wildman–Crippen MR) is 74.0 cm³/mol. The molecule has 1 fully saturated rings. The standard InChI is InChI=1S/C13H13N3OS/c17-12-8-18-13(14-12)16-15-11-7-3-5-9-4-1-2-6-10(9)11/h1-2,4,6H,3,5,7-8H2,(H,14,16,17). The van der Waals surface area contributed by atoms with Crippen LogP contribution in [-0.2, 0) is 11.2 Å². The van der Waals surface area contributed by atoms with Gasteiger partial charge >= 0.3 is 0 Å². The van der Waals surface area contributed by atoms with Crippen LogP contribution >= 0.6 is 11.8 Å². The Morgan fingerprint density at radius 1 is 1.17 bits per heavy atom. The van der Waals surface area contributed by atoms with Gasteiger partial charge in [-0.3, -0.25) is 4.79 Å². The van der Waals surface area contributed by atoms with Crippen molar-refractivity contribution in [3.63, 3.8) is 0 Å². The Labute approximate surface area is 110 Å². The molecule has 1 heterocycles. The van der Waals surface area contributed by atoms with Crippen molar-refractivity contribution >= 4 is 28.5 Å². The molecule has 1 N–H and O–H groups in total. The molecule has 0 spiro atoms. The maximum Gasteiger partial charge on any atom is 0.236 e. The Morgan fingerprint density at radius 2 is 2.06 bits per heavy atom. The van der Waals surface area contributed by atoms with E-state index in [9.17, 15) is 4.79 Å². The first-order valence-corrected chi connectivity index (χ1v) is 6.97. The van der Waals surface area contributed by atoms with Gasteiger partial charge in [-0.05, 0) is 24.8 Å². The molecule has 4 nitrogen and oxygen atoms in total. The molecule has 5 heteroatoms. The lowest BCUT2D eigenvalue weighted by molar-refractivity contribution is -0.116. The summed E-state index contributed by atoms with van der Waals surface area (Å²) in [6.45, 7) is 0. The molecule has 0 saturated carbocycles. The van der Waals surface area contributed by atoms with Gasteiger partial charge in [0.2, 0.25) is 5.91 Å². The lowest BCUT2D eigenvalue weighted by Crippen LogP contribution is -2.20. The molecule has 0 aromatic heterocycles. The number of amidine groups is 1. The van der Waals surface area contributed by atoms with Crippen LogP contribution in [0, 0.1) is 0 Å². The summed E-state index contributed by atoms with van der Waals surface area (Å²) in [6, 6.07) is 8.32. The van der Waals surface area contributed by atoms with Gasteiger partial charge in [-0.15, -0.1) is 5.10 Å². The monoisotopic (exact) mass is 259 g/mol. The third-order valence-electron chi connectivity index (χ3n) is 3.04. The number of thioether (sulfide) groups is 1. The summed E-state index contributed by atoms with van der Waals surface area (Å²) in [5.41, 5.74) is 3.55. The minimum Gasteiger partial charge on any atom is -0.303 e. The minimum absolute atomic E-state index is 0.00277. The van der Waals surface area contributed by atoms with Crippen LogP contribution in [0.3, 0.4) is 0 Å². The maximum atomic E-state index is 11.0. The maximum absolute atomic E-state index is 11.0. The summed E-state index contributed by atoms with van der Waals surface area (Å²) < 4.78 is 0. The molecule has 18 heavy (non-hydrogen) atoms. The summed E-state index contributed by atoms with van der Waals surface area (Å²) in [6.07, 6.45) is 3.17. The lowest BCUT2D eigenvalue weighted by atomic mass is 9.90.